The number of rotatable bonds is 3. The van der Waals surface area contributed by atoms with Gasteiger partial charge < -0.3 is 9.80 Å². The number of carbonyl (C=O) groups is 2. The lowest BCUT2D eigenvalue weighted by atomic mass is 9.92. The Bertz CT molecular complexity index is 1010. The number of nitrogens with zero attached hydrogens (tertiary/aromatic N) is 4. The summed E-state index contributed by atoms with van der Waals surface area (Å²) >= 11 is 0. The number of benzene rings is 1. The molecule has 1 atom stereocenters. The standard InChI is InChI=1S/C22H27FN4O3/c1-15-3-2-8-26(12-15)21(29)16-6-9-25(10-7-16)20(28)13-27-14-24-19-5-4-17(23)11-18(19)22(27)30/h4-5,11,14-16H,2-3,6-10,12-13H2,1H3. The van der Waals surface area contributed by atoms with Gasteiger partial charge in [-0.2, -0.15) is 0 Å². The molecular formula is C22H27FN4O3. The van der Waals surface area contributed by atoms with Crippen LogP contribution in [0.25, 0.3) is 10.9 Å². The van der Waals surface area contributed by atoms with E-state index in [4.69, 9.17) is 0 Å². The largest absolute Gasteiger partial charge is 0.342 e. The maximum atomic E-state index is 13.5. The van der Waals surface area contributed by atoms with Gasteiger partial charge >= 0.3 is 0 Å². The first-order valence-corrected chi connectivity index (χ1v) is 10.6. The molecule has 1 unspecified atom stereocenters. The average molecular weight is 414 g/mol. The molecule has 2 amide bonds. The molecule has 2 aromatic rings. The molecule has 3 heterocycles. The number of carbonyl (C=O) groups excluding carboxylic acids is 2. The third kappa shape index (κ3) is 4.22. The minimum Gasteiger partial charge on any atom is -0.342 e. The van der Waals surface area contributed by atoms with Gasteiger partial charge in [0, 0.05) is 32.1 Å². The summed E-state index contributed by atoms with van der Waals surface area (Å²) in [6, 6.07) is 3.84. The van der Waals surface area contributed by atoms with Gasteiger partial charge in [-0.25, -0.2) is 9.37 Å². The number of likely N-dealkylation sites (tertiary alicyclic amines) is 2. The number of amides is 2. The summed E-state index contributed by atoms with van der Waals surface area (Å²) in [5, 5.41) is 0.158. The highest BCUT2D eigenvalue weighted by molar-refractivity contribution is 5.81. The fourth-order valence-corrected chi connectivity index (χ4v) is 4.51. The Kier molecular flexibility index (Phi) is 5.83. The van der Waals surface area contributed by atoms with Crippen molar-refractivity contribution in [2.24, 2.45) is 11.8 Å². The van der Waals surface area contributed by atoms with Crippen molar-refractivity contribution in [3.8, 4) is 0 Å². The number of piperidine rings is 2. The predicted molar refractivity (Wildman–Crippen MR) is 110 cm³/mol. The smallest absolute Gasteiger partial charge is 0.261 e. The molecule has 2 fully saturated rings. The Labute approximate surface area is 174 Å². The second-order valence-electron chi connectivity index (χ2n) is 8.53. The van der Waals surface area contributed by atoms with E-state index in [1.807, 2.05) is 4.90 Å². The van der Waals surface area contributed by atoms with Crippen LogP contribution in [0.3, 0.4) is 0 Å². The van der Waals surface area contributed by atoms with E-state index in [1.165, 1.54) is 29.4 Å². The van der Waals surface area contributed by atoms with Crippen molar-refractivity contribution in [2.45, 2.75) is 39.2 Å². The Morgan fingerprint density at radius 2 is 1.90 bits per heavy atom. The molecule has 160 valence electrons. The van der Waals surface area contributed by atoms with Crippen LogP contribution in [0.1, 0.15) is 32.6 Å². The predicted octanol–water partition coefficient (Wildman–Crippen LogP) is 2.03. The third-order valence-electron chi connectivity index (χ3n) is 6.26. The lowest BCUT2D eigenvalue weighted by molar-refractivity contribution is -0.142. The van der Waals surface area contributed by atoms with E-state index in [2.05, 4.69) is 11.9 Å². The van der Waals surface area contributed by atoms with Gasteiger partial charge in [0.1, 0.15) is 12.4 Å². The average Bonchev–Trinajstić information content (AvgIpc) is 2.75. The summed E-state index contributed by atoms with van der Waals surface area (Å²) in [6.07, 6.45) is 4.85. The van der Waals surface area contributed by atoms with Crippen molar-refractivity contribution < 1.29 is 14.0 Å². The van der Waals surface area contributed by atoms with Crippen LogP contribution in [-0.2, 0) is 16.1 Å². The SMILES string of the molecule is CC1CCCN(C(=O)C2CCN(C(=O)Cn3cnc4ccc(F)cc4c3=O)CC2)C1. The van der Waals surface area contributed by atoms with Crippen LogP contribution in [0.2, 0.25) is 0 Å². The van der Waals surface area contributed by atoms with Gasteiger partial charge in [-0.3, -0.25) is 19.0 Å². The lowest BCUT2D eigenvalue weighted by Crippen LogP contribution is -2.47. The zero-order valence-corrected chi connectivity index (χ0v) is 17.2. The molecule has 0 aliphatic carbocycles. The van der Waals surface area contributed by atoms with E-state index < -0.39 is 11.4 Å². The number of hydrogen-bond donors (Lipinski definition) is 0. The molecule has 2 aliphatic heterocycles. The van der Waals surface area contributed by atoms with Gasteiger partial charge in [-0.05, 0) is 49.8 Å². The molecular weight excluding hydrogens is 387 g/mol. The van der Waals surface area contributed by atoms with Crippen molar-refractivity contribution in [1.82, 2.24) is 19.4 Å². The van der Waals surface area contributed by atoms with E-state index in [0.29, 0.717) is 37.4 Å². The molecule has 7 nitrogen and oxygen atoms in total. The molecule has 1 aromatic heterocycles. The van der Waals surface area contributed by atoms with Crippen LogP contribution in [-0.4, -0.2) is 57.3 Å². The van der Waals surface area contributed by atoms with Gasteiger partial charge in [0.25, 0.3) is 5.56 Å². The minimum absolute atomic E-state index is 0.0348. The molecule has 1 aromatic carbocycles. The molecule has 2 saturated heterocycles. The van der Waals surface area contributed by atoms with Crippen LogP contribution < -0.4 is 5.56 Å². The van der Waals surface area contributed by atoms with Crippen molar-refractivity contribution in [3.63, 3.8) is 0 Å². The van der Waals surface area contributed by atoms with E-state index >= 15 is 0 Å². The van der Waals surface area contributed by atoms with Crippen LogP contribution in [0.5, 0.6) is 0 Å². The molecule has 0 bridgehead atoms. The summed E-state index contributed by atoms with van der Waals surface area (Å²) < 4.78 is 14.7. The van der Waals surface area contributed by atoms with Crippen LogP contribution in [0.4, 0.5) is 4.39 Å². The van der Waals surface area contributed by atoms with Gasteiger partial charge in [-0.1, -0.05) is 6.92 Å². The second-order valence-corrected chi connectivity index (χ2v) is 8.53. The van der Waals surface area contributed by atoms with E-state index in [1.54, 1.807) is 4.90 Å². The van der Waals surface area contributed by atoms with E-state index in [0.717, 1.165) is 25.6 Å². The minimum atomic E-state index is -0.514. The van der Waals surface area contributed by atoms with Crippen LogP contribution in [0.15, 0.2) is 29.3 Å². The highest BCUT2D eigenvalue weighted by Gasteiger charge is 2.31. The van der Waals surface area contributed by atoms with Crippen LogP contribution in [0, 0.1) is 17.7 Å². The Hall–Kier alpha value is -2.77. The highest BCUT2D eigenvalue weighted by Crippen LogP contribution is 2.23. The Morgan fingerprint density at radius 1 is 1.13 bits per heavy atom. The first kappa shape index (κ1) is 20.5. The first-order valence-electron chi connectivity index (χ1n) is 10.6. The number of fused-ring (bicyclic) bond motifs is 1. The summed E-state index contributed by atoms with van der Waals surface area (Å²) in [6.45, 7) is 4.71. The molecule has 0 spiro atoms. The third-order valence-corrected chi connectivity index (χ3v) is 6.26. The number of aromatic nitrogens is 2. The van der Waals surface area contributed by atoms with Gasteiger partial charge in [0.2, 0.25) is 11.8 Å². The van der Waals surface area contributed by atoms with Gasteiger partial charge in [-0.15, -0.1) is 0 Å². The normalized spacial score (nSPS) is 20.5. The fourth-order valence-electron chi connectivity index (χ4n) is 4.51. The monoisotopic (exact) mass is 414 g/mol. The van der Waals surface area contributed by atoms with E-state index in [-0.39, 0.29) is 29.7 Å². The Morgan fingerprint density at radius 3 is 2.63 bits per heavy atom. The molecule has 2 aliphatic rings. The van der Waals surface area contributed by atoms with Crippen LogP contribution >= 0.6 is 0 Å². The molecule has 0 saturated carbocycles. The highest BCUT2D eigenvalue weighted by atomic mass is 19.1. The summed E-state index contributed by atoms with van der Waals surface area (Å²) in [7, 11) is 0. The topological polar surface area (TPSA) is 75.5 Å². The van der Waals surface area contributed by atoms with Crippen molar-refractivity contribution in [2.75, 3.05) is 26.2 Å². The zero-order chi connectivity index (χ0) is 21.3. The van der Waals surface area contributed by atoms with Crippen molar-refractivity contribution in [1.29, 1.82) is 0 Å². The second kappa shape index (κ2) is 8.53. The summed E-state index contributed by atoms with van der Waals surface area (Å²) in [5.74, 6) is 0.0252. The molecule has 8 heteroatoms. The van der Waals surface area contributed by atoms with Gasteiger partial charge in [0.15, 0.2) is 0 Å². The van der Waals surface area contributed by atoms with Gasteiger partial charge in [0.05, 0.1) is 17.2 Å². The molecule has 30 heavy (non-hydrogen) atoms. The molecule has 4 rings (SSSR count). The summed E-state index contributed by atoms with van der Waals surface area (Å²) in [5.41, 5.74) is -0.0337. The quantitative estimate of drug-likeness (QED) is 0.770. The van der Waals surface area contributed by atoms with E-state index in [9.17, 15) is 18.8 Å². The summed E-state index contributed by atoms with van der Waals surface area (Å²) in [4.78, 5) is 45.9. The van der Waals surface area contributed by atoms with Crippen molar-refractivity contribution in [3.05, 3.63) is 40.7 Å². The molecule has 0 N–H and O–H groups in total. The lowest BCUT2D eigenvalue weighted by Gasteiger charge is -2.37. The maximum Gasteiger partial charge on any atom is 0.261 e. The molecule has 0 radical (unpaired) electrons. The van der Waals surface area contributed by atoms with Crippen molar-refractivity contribution >= 4 is 22.7 Å². The Balaban J connectivity index is 1.37. The zero-order valence-electron chi connectivity index (χ0n) is 17.2. The fraction of sp³-hybridized carbons (Fsp3) is 0.545. The number of hydrogen-bond acceptors (Lipinski definition) is 4. The number of halogens is 1. The maximum absolute atomic E-state index is 13.5. The first-order chi connectivity index (χ1) is 14.4.